The van der Waals surface area contributed by atoms with E-state index in [0.717, 1.165) is 17.9 Å². The maximum atomic E-state index is 11.6. The van der Waals surface area contributed by atoms with Gasteiger partial charge in [0.1, 0.15) is 5.69 Å². The number of rotatable bonds is 6. The number of carbonyl (C=O) groups is 1. The van der Waals surface area contributed by atoms with Gasteiger partial charge in [0.15, 0.2) is 0 Å². The Labute approximate surface area is 98.7 Å². The van der Waals surface area contributed by atoms with Crippen LogP contribution < -0.4 is 5.32 Å². The van der Waals surface area contributed by atoms with Gasteiger partial charge in [0.05, 0.1) is 5.51 Å². The van der Waals surface area contributed by atoms with Gasteiger partial charge < -0.3 is 5.32 Å². The van der Waals surface area contributed by atoms with Crippen LogP contribution in [0.25, 0.3) is 0 Å². The lowest BCUT2D eigenvalue weighted by molar-refractivity contribution is 0.0935. The lowest BCUT2D eigenvalue weighted by atomic mass is 10.2. The number of thioether (sulfide) groups is 1. The van der Waals surface area contributed by atoms with E-state index in [1.807, 2.05) is 18.7 Å². The number of hydrogen-bond donors (Lipinski definition) is 1. The molecule has 0 aliphatic heterocycles. The monoisotopic (exact) mass is 244 g/mol. The Morgan fingerprint density at radius 3 is 3.13 bits per heavy atom. The number of aromatic nitrogens is 1. The molecular weight excluding hydrogens is 228 g/mol. The predicted molar refractivity (Wildman–Crippen MR) is 66.7 cm³/mol. The lowest BCUT2D eigenvalue weighted by Crippen LogP contribution is -2.33. The molecule has 0 aliphatic rings. The Balaban J connectivity index is 2.26. The van der Waals surface area contributed by atoms with E-state index in [-0.39, 0.29) is 11.9 Å². The van der Waals surface area contributed by atoms with Crippen LogP contribution in [0.2, 0.25) is 0 Å². The summed E-state index contributed by atoms with van der Waals surface area (Å²) in [6, 6.07) is 0.221. The van der Waals surface area contributed by atoms with Crippen molar-refractivity contribution in [3.8, 4) is 0 Å². The van der Waals surface area contributed by atoms with Crippen LogP contribution in [-0.2, 0) is 0 Å². The Morgan fingerprint density at radius 2 is 2.53 bits per heavy atom. The second-order valence-corrected chi connectivity index (χ2v) is 5.35. The van der Waals surface area contributed by atoms with Crippen molar-refractivity contribution in [1.82, 2.24) is 10.3 Å². The number of thiazole rings is 1. The van der Waals surface area contributed by atoms with Crippen molar-refractivity contribution in [2.45, 2.75) is 26.3 Å². The average molecular weight is 244 g/mol. The van der Waals surface area contributed by atoms with Crippen molar-refractivity contribution in [3.63, 3.8) is 0 Å². The van der Waals surface area contributed by atoms with Gasteiger partial charge in [-0.25, -0.2) is 4.98 Å². The smallest absolute Gasteiger partial charge is 0.270 e. The van der Waals surface area contributed by atoms with Crippen molar-refractivity contribution < 1.29 is 4.79 Å². The van der Waals surface area contributed by atoms with E-state index < -0.39 is 0 Å². The Morgan fingerprint density at radius 1 is 1.73 bits per heavy atom. The average Bonchev–Trinajstić information content (AvgIpc) is 2.70. The van der Waals surface area contributed by atoms with Crippen LogP contribution in [0.5, 0.6) is 0 Å². The summed E-state index contributed by atoms with van der Waals surface area (Å²) in [7, 11) is 0. The zero-order valence-corrected chi connectivity index (χ0v) is 10.7. The highest BCUT2D eigenvalue weighted by Crippen LogP contribution is 2.05. The van der Waals surface area contributed by atoms with Crippen molar-refractivity contribution in [3.05, 3.63) is 16.6 Å². The Bertz CT molecular complexity index is 288. The van der Waals surface area contributed by atoms with E-state index >= 15 is 0 Å². The first kappa shape index (κ1) is 12.5. The standard InChI is InChI=1S/C10H16N2OS2/c1-3-14-5-4-8(2)12-10(13)9-6-15-7-11-9/h6-8H,3-5H2,1-2H3,(H,12,13). The van der Waals surface area contributed by atoms with Crippen LogP contribution in [0.4, 0.5) is 0 Å². The largest absolute Gasteiger partial charge is 0.348 e. The first-order valence-corrected chi connectivity index (χ1v) is 7.10. The molecule has 1 aromatic rings. The van der Waals surface area contributed by atoms with E-state index in [1.165, 1.54) is 11.3 Å². The molecule has 0 saturated carbocycles. The molecule has 1 atom stereocenters. The molecule has 1 amide bonds. The molecule has 5 heteroatoms. The molecule has 1 aromatic heterocycles. The van der Waals surface area contributed by atoms with Gasteiger partial charge >= 0.3 is 0 Å². The number of hydrogen-bond acceptors (Lipinski definition) is 4. The second-order valence-electron chi connectivity index (χ2n) is 3.23. The summed E-state index contributed by atoms with van der Waals surface area (Å²) in [5.41, 5.74) is 2.20. The third-order valence-corrected chi connectivity index (χ3v) is 3.46. The molecule has 0 aliphatic carbocycles. The highest BCUT2D eigenvalue weighted by Gasteiger charge is 2.10. The van der Waals surface area contributed by atoms with Crippen molar-refractivity contribution in [2.75, 3.05) is 11.5 Å². The number of nitrogens with zero attached hydrogens (tertiary/aromatic N) is 1. The number of nitrogens with one attached hydrogen (secondary N) is 1. The summed E-state index contributed by atoms with van der Waals surface area (Å²) in [4.78, 5) is 15.5. The molecule has 0 aromatic carbocycles. The van der Waals surface area contributed by atoms with Gasteiger partial charge in [0.2, 0.25) is 0 Å². The predicted octanol–water partition coefficient (Wildman–Crippen LogP) is 2.40. The molecule has 0 radical (unpaired) electrons. The highest BCUT2D eigenvalue weighted by atomic mass is 32.2. The molecule has 1 heterocycles. The normalized spacial score (nSPS) is 12.4. The van der Waals surface area contributed by atoms with Gasteiger partial charge in [-0.3, -0.25) is 4.79 Å². The molecule has 3 nitrogen and oxygen atoms in total. The van der Waals surface area contributed by atoms with E-state index in [0.29, 0.717) is 5.69 Å². The van der Waals surface area contributed by atoms with E-state index in [9.17, 15) is 4.79 Å². The first-order valence-electron chi connectivity index (χ1n) is 5.00. The summed E-state index contributed by atoms with van der Waals surface area (Å²) >= 11 is 3.34. The summed E-state index contributed by atoms with van der Waals surface area (Å²) in [5.74, 6) is 2.16. The first-order chi connectivity index (χ1) is 7.24. The Kier molecular flexibility index (Phi) is 5.71. The van der Waals surface area contributed by atoms with E-state index in [1.54, 1.807) is 10.9 Å². The molecule has 1 rings (SSSR count). The van der Waals surface area contributed by atoms with Crippen molar-refractivity contribution in [1.29, 1.82) is 0 Å². The lowest BCUT2D eigenvalue weighted by Gasteiger charge is -2.12. The van der Waals surface area contributed by atoms with Crippen LogP contribution in [-0.4, -0.2) is 28.4 Å². The fraction of sp³-hybridized carbons (Fsp3) is 0.600. The van der Waals surface area contributed by atoms with Crippen molar-refractivity contribution in [2.24, 2.45) is 0 Å². The summed E-state index contributed by atoms with van der Waals surface area (Å²) in [5, 5.41) is 4.70. The molecule has 0 spiro atoms. The van der Waals surface area contributed by atoms with Crippen molar-refractivity contribution >= 4 is 29.0 Å². The third kappa shape index (κ3) is 4.66. The van der Waals surface area contributed by atoms with Gasteiger partial charge in [-0.1, -0.05) is 6.92 Å². The maximum Gasteiger partial charge on any atom is 0.270 e. The highest BCUT2D eigenvalue weighted by molar-refractivity contribution is 7.99. The zero-order valence-electron chi connectivity index (χ0n) is 9.03. The van der Waals surface area contributed by atoms with Crippen LogP contribution in [0, 0.1) is 0 Å². The third-order valence-electron chi connectivity index (χ3n) is 1.94. The van der Waals surface area contributed by atoms with Crippen LogP contribution in [0.1, 0.15) is 30.8 Å². The molecule has 0 fully saturated rings. The maximum absolute atomic E-state index is 11.6. The quantitative estimate of drug-likeness (QED) is 0.781. The Hall–Kier alpha value is -0.550. The van der Waals surface area contributed by atoms with Gasteiger partial charge in [0.25, 0.3) is 5.91 Å². The molecular formula is C10H16N2OS2. The number of amides is 1. The molecule has 84 valence electrons. The molecule has 15 heavy (non-hydrogen) atoms. The summed E-state index contributed by atoms with van der Waals surface area (Å²) in [6.45, 7) is 4.17. The fourth-order valence-corrected chi connectivity index (χ4v) is 2.44. The van der Waals surface area contributed by atoms with Gasteiger partial charge in [-0.05, 0) is 24.9 Å². The molecule has 1 unspecified atom stereocenters. The van der Waals surface area contributed by atoms with Gasteiger partial charge in [-0.15, -0.1) is 11.3 Å². The summed E-state index contributed by atoms with van der Waals surface area (Å²) < 4.78 is 0. The van der Waals surface area contributed by atoms with Gasteiger partial charge in [0, 0.05) is 11.4 Å². The molecule has 0 saturated heterocycles. The molecule has 0 bridgehead atoms. The van der Waals surface area contributed by atoms with Crippen LogP contribution in [0.3, 0.4) is 0 Å². The minimum atomic E-state index is -0.0646. The number of carbonyl (C=O) groups excluding carboxylic acids is 1. The molecule has 1 N–H and O–H groups in total. The topological polar surface area (TPSA) is 42.0 Å². The summed E-state index contributed by atoms with van der Waals surface area (Å²) in [6.07, 6.45) is 1.01. The minimum absolute atomic E-state index is 0.0646. The van der Waals surface area contributed by atoms with Crippen LogP contribution >= 0.6 is 23.1 Å². The SMILES string of the molecule is CCSCCC(C)NC(=O)c1cscn1. The fourth-order valence-electron chi connectivity index (χ4n) is 1.10. The van der Waals surface area contributed by atoms with Crippen LogP contribution in [0.15, 0.2) is 10.9 Å². The van der Waals surface area contributed by atoms with E-state index in [4.69, 9.17) is 0 Å². The van der Waals surface area contributed by atoms with Gasteiger partial charge in [-0.2, -0.15) is 11.8 Å². The zero-order chi connectivity index (χ0) is 11.1. The second kappa shape index (κ2) is 6.85. The minimum Gasteiger partial charge on any atom is -0.348 e. The van der Waals surface area contributed by atoms with E-state index in [2.05, 4.69) is 17.2 Å².